The monoisotopic (exact) mass is 509 g/mol. The lowest BCUT2D eigenvalue weighted by Crippen LogP contribution is -2.19. The van der Waals surface area contributed by atoms with Crippen LogP contribution in [0.25, 0.3) is 33.1 Å². The van der Waals surface area contributed by atoms with Crippen LogP contribution in [0.15, 0.2) is 59.7 Å². The molecule has 3 heterocycles. The average molecular weight is 510 g/mol. The van der Waals surface area contributed by atoms with Crippen LogP contribution in [0.3, 0.4) is 0 Å². The highest BCUT2D eigenvalue weighted by Gasteiger charge is 2.17. The number of aromatic amines is 1. The van der Waals surface area contributed by atoms with Gasteiger partial charge in [-0.3, -0.25) is 9.35 Å². The first-order valence-corrected chi connectivity index (χ1v) is 12.6. The summed E-state index contributed by atoms with van der Waals surface area (Å²) in [5, 5.41) is 1.51. The van der Waals surface area contributed by atoms with Crippen LogP contribution in [0, 0.1) is 6.92 Å². The van der Waals surface area contributed by atoms with Crippen LogP contribution in [0.5, 0.6) is 0 Å². The van der Waals surface area contributed by atoms with Crippen molar-refractivity contribution in [3.63, 3.8) is 0 Å². The molecule has 8 nitrogen and oxygen atoms in total. The SMILES string of the molecule is Cc1nc2c(CCNS(=O)O)cc(-c3cn(C)c(=O)c4[nH]ccc34)cc2n1Cc1cccc(Cl)c1. The molecule has 0 aliphatic carbocycles. The molecule has 5 aromatic rings. The van der Waals surface area contributed by atoms with Crippen LogP contribution in [-0.2, 0) is 31.3 Å². The lowest BCUT2D eigenvalue weighted by molar-refractivity contribution is 0.549. The van der Waals surface area contributed by atoms with E-state index in [-0.39, 0.29) is 5.56 Å². The van der Waals surface area contributed by atoms with E-state index in [2.05, 4.69) is 20.3 Å². The lowest BCUT2D eigenvalue weighted by atomic mass is 9.99. The van der Waals surface area contributed by atoms with Crippen molar-refractivity contribution < 1.29 is 8.76 Å². The van der Waals surface area contributed by atoms with Gasteiger partial charge in [0.1, 0.15) is 11.3 Å². The molecule has 0 saturated heterocycles. The molecule has 0 saturated carbocycles. The van der Waals surface area contributed by atoms with Crippen molar-refractivity contribution in [1.82, 2.24) is 23.8 Å². The van der Waals surface area contributed by atoms with Gasteiger partial charge in [-0.05, 0) is 60.4 Å². The maximum absolute atomic E-state index is 12.6. The third-order valence-electron chi connectivity index (χ3n) is 6.18. The smallest absolute Gasteiger partial charge is 0.274 e. The van der Waals surface area contributed by atoms with E-state index in [1.54, 1.807) is 17.8 Å². The first-order valence-electron chi connectivity index (χ1n) is 11.1. The Labute approximate surface area is 209 Å². The highest BCUT2D eigenvalue weighted by atomic mass is 35.5. The van der Waals surface area contributed by atoms with E-state index in [0.29, 0.717) is 30.0 Å². The molecule has 3 aromatic heterocycles. The summed E-state index contributed by atoms with van der Waals surface area (Å²) in [6.07, 6.45) is 4.12. The van der Waals surface area contributed by atoms with Crippen molar-refractivity contribution in [2.45, 2.75) is 19.9 Å². The van der Waals surface area contributed by atoms with Crippen LogP contribution in [0.4, 0.5) is 0 Å². The molecule has 0 spiro atoms. The van der Waals surface area contributed by atoms with Gasteiger partial charge in [-0.2, -0.15) is 0 Å². The second-order valence-electron chi connectivity index (χ2n) is 8.50. The van der Waals surface area contributed by atoms with E-state index in [1.165, 1.54) is 0 Å². The Morgan fingerprint density at radius 1 is 1.23 bits per heavy atom. The molecule has 5 rings (SSSR count). The van der Waals surface area contributed by atoms with E-state index >= 15 is 0 Å². The van der Waals surface area contributed by atoms with E-state index in [4.69, 9.17) is 21.1 Å². The van der Waals surface area contributed by atoms with E-state index < -0.39 is 11.3 Å². The van der Waals surface area contributed by atoms with Gasteiger partial charge in [0, 0.05) is 48.5 Å². The Morgan fingerprint density at radius 2 is 2.06 bits per heavy atom. The molecule has 0 bridgehead atoms. The minimum absolute atomic E-state index is 0.0912. The van der Waals surface area contributed by atoms with E-state index in [0.717, 1.165) is 44.5 Å². The number of halogens is 1. The first kappa shape index (κ1) is 23.5. The summed E-state index contributed by atoms with van der Waals surface area (Å²) in [5.74, 6) is 0.851. The first-order chi connectivity index (χ1) is 16.8. The third kappa shape index (κ3) is 4.55. The molecular formula is C25H24ClN5O3S. The van der Waals surface area contributed by atoms with Crippen LogP contribution in [0.1, 0.15) is 17.0 Å². The normalized spacial score (nSPS) is 12.6. The van der Waals surface area contributed by atoms with Crippen LogP contribution >= 0.6 is 11.6 Å². The fraction of sp³-hybridized carbons (Fsp3) is 0.200. The van der Waals surface area contributed by atoms with Gasteiger partial charge in [0.2, 0.25) is 11.3 Å². The summed E-state index contributed by atoms with van der Waals surface area (Å²) in [6.45, 7) is 2.87. The molecule has 0 amide bonds. The molecule has 2 aromatic carbocycles. The number of H-pyrrole nitrogens is 1. The second kappa shape index (κ2) is 9.43. The number of hydrogen-bond acceptors (Lipinski definition) is 3. The minimum Gasteiger partial charge on any atom is -0.357 e. The third-order valence-corrected chi connectivity index (χ3v) is 6.86. The molecule has 0 aliphatic rings. The molecule has 180 valence electrons. The second-order valence-corrected chi connectivity index (χ2v) is 9.72. The van der Waals surface area contributed by atoms with Gasteiger partial charge in [-0.15, -0.1) is 0 Å². The molecule has 0 aliphatic heterocycles. The molecule has 1 unspecified atom stereocenters. The van der Waals surface area contributed by atoms with Gasteiger partial charge in [0.05, 0.1) is 11.0 Å². The Balaban J connectivity index is 1.71. The van der Waals surface area contributed by atoms with Gasteiger partial charge in [0.25, 0.3) is 5.56 Å². The number of pyridine rings is 1. The number of nitrogens with zero attached hydrogens (tertiary/aromatic N) is 3. The average Bonchev–Trinajstić information content (AvgIpc) is 3.42. The summed E-state index contributed by atoms with van der Waals surface area (Å²) in [6, 6.07) is 13.8. The maximum Gasteiger partial charge on any atom is 0.274 e. The van der Waals surface area contributed by atoms with Crippen molar-refractivity contribution in [2.75, 3.05) is 6.54 Å². The molecule has 0 fully saturated rings. The standard InChI is InChI=1S/C25H24ClN5O3S/c1-15-29-23-17(6-9-28-35(33)34)11-18(21-14-30(2)25(32)24-20(21)7-8-27-24)12-22(23)31(15)13-16-4-3-5-19(26)10-16/h3-5,7-8,10-12,14,27-28H,6,9,13H2,1-2H3,(H,33,34). The number of fused-ring (bicyclic) bond motifs is 2. The van der Waals surface area contributed by atoms with Crippen molar-refractivity contribution in [2.24, 2.45) is 7.05 Å². The number of hydrogen-bond donors (Lipinski definition) is 3. The molecule has 10 heteroatoms. The van der Waals surface area contributed by atoms with E-state index in [1.807, 2.05) is 49.5 Å². The van der Waals surface area contributed by atoms with E-state index in [9.17, 15) is 9.00 Å². The minimum atomic E-state index is -2.09. The summed E-state index contributed by atoms with van der Waals surface area (Å²) >= 11 is 4.13. The molecular weight excluding hydrogens is 486 g/mol. The zero-order valence-electron chi connectivity index (χ0n) is 19.2. The Hall–Kier alpha value is -3.24. The summed E-state index contributed by atoms with van der Waals surface area (Å²) in [5.41, 5.74) is 6.09. The van der Waals surface area contributed by atoms with Crippen LogP contribution in [-0.4, -0.2) is 34.4 Å². The van der Waals surface area contributed by atoms with Crippen molar-refractivity contribution in [3.8, 4) is 11.1 Å². The topological polar surface area (TPSA) is 105 Å². The molecule has 1 atom stereocenters. The van der Waals surface area contributed by atoms with Gasteiger partial charge in [-0.1, -0.05) is 23.7 Å². The Kier molecular flexibility index (Phi) is 6.33. The number of benzene rings is 2. The van der Waals surface area contributed by atoms with Crippen LogP contribution in [0.2, 0.25) is 5.02 Å². The van der Waals surface area contributed by atoms with Gasteiger partial charge in [0.15, 0.2) is 0 Å². The quantitative estimate of drug-likeness (QED) is 0.286. The predicted molar refractivity (Wildman–Crippen MR) is 140 cm³/mol. The summed E-state index contributed by atoms with van der Waals surface area (Å²) in [7, 11) is 1.74. The number of aromatic nitrogens is 4. The Morgan fingerprint density at radius 3 is 2.83 bits per heavy atom. The number of rotatable bonds is 7. The van der Waals surface area contributed by atoms with Crippen LogP contribution < -0.4 is 10.3 Å². The largest absolute Gasteiger partial charge is 0.357 e. The maximum atomic E-state index is 12.6. The van der Waals surface area contributed by atoms with Crippen molar-refractivity contribution in [3.05, 3.63) is 87.2 Å². The zero-order valence-corrected chi connectivity index (χ0v) is 20.8. The zero-order chi connectivity index (χ0) is 24.7. The molecule has 3 N–H and O–H groups in total. The predicted octanol–water partition coefficient (Wildman–Crippen LogP) is 4.16. The fourth-order valence-corrected chi connectivity index (χ4v) is 5.03. The van der Waals surface area contributed by atoms with Crippen molar-refractivity contribution in [1.29, 1.82) is 0 Å². The van der Waals surface area contributed by atoms with Gasteiger partial charge >= 0.3 is 0 Å². The number of imidazole rings is 1. The Bertz CT molecular complexity index is 1650. The lowest BCUT2D eigenvalue weighted by Gasteiger charge is -2.13. The molecule has 0 radical (unpaired) electrons. The number of nitrogens with one attached hydrogen (secondary N) is 2. The van der Waals surface area contributed by atoms with Gasteiger partial charge in [-0.25, -0.2) is 13.9 Å². The summed E-state index contributed by atoms with van der Waals surface area (Å²) in [4.78, 5) is 20.5. The molecule has 35 heavy (non-hydrogen) atoms. The highest BCUT2D eigenvalue weighted by Crippen LogP contribution is 2.32. The van der Waals surface area contributed by atoms with Gasteiger partial charge < -0.3 is 14.1 Å². The highest BCUT2D eigenvalue weighted by molar-refractivity contribution is 7.77. The number of aryl methyl sites for hydroxylation is 2. The fourth-order valence-electron chi connectivity index (χ4n) is 4.54. The summed E-state index contributed by atoms with van der Waals surface area (Å²) < 4.78 is 26.6. The van der Waals surface area contributed by atoms with Crippen molar-refractivity contribution >= 4 is 44.8 Å².